The van der Waals surface area contributed by atoms with Gasteiger partial charge in [0.1, 0.15) is 5.75 Å². The summed E-state index contributed by atoms with van der Waals surface area (Å²) in [6.45, 7) is 6.41. The lowest BCUT2D eigenvalue weighted by Crippen LogP contribution is -2.15. The van der Waals surface area contributed by atoms with Crippen LogP contribution in [-0.4, -0.2) is 30.0 Å². The molecule has 9 nitrogen and oxygen atoms in total. The number of nitro benzene ring substituents is 1. The minimum atomic E-state index is -0.614. The topological polar surface area (TPSA) is 134 Å². The van der Waals surface area contributed by atoms with Crippen molar-refractivity contribution in [3.05, 3.63) is 57.6 Å². The molecule has 0 bridgehead atoms. The van der Waals surface area contributed by atoms with Crippen LogP contribution in [0.25, 0.3) is 0 Å². The maximum atomic E-state index is 12.7. The summed E-state index contributed by atoms with van der Waals surface area (Å²) in [5.41, 5.74) is 5.87. The molecule has 0 saturated carbocycles. The average molecular weight is 415 g/mol. The molecule has 9 heteroatoms. The van der Waals surface area contributed by atoms with Gasteiger partial charge in [0.15, 0.2) is 5.75 Å². The molecule has 2 aromatic carbocycles. The highest BCUT2D eigenvalue weighted by Gasteiger charge is 2.20. The third-order valence-electron chi connectivity index (χ3n) is 3.97. The predicted molar refractivity (Wildman–Crippen MR) is 112 cm³/mol. The Morgan fingerprint density at radius 1 is 1.10 bits per heavy atom. The normalized spacial score (nSPS) is 10.5. The number of nitrogens with one attached hydrogen (secondary N) is 1. The fourth-order valence-corrected chi connectivity index (χ4v) is 2.48. The van der Waals surface area contributed by atoms with Gasteiger partial charge in [-0.05, 0) is 36.6 Å². The molecule has 0 fully saturated rings. The molecule has 0 aliphatic heterocycles. The van der Waals surface area contributed by atoms with E-state index in [9.17, 15) is 19.7 Å². The Bertz CT molecular complexity index is 942. The molecule has 2 aromatic rings. The Labute approximate surface area is 174 Å². The summed E-state index contributed by atoms with van der Waals surface area (Å²) in [4.78, 5) is 34.9. The van der Waals surface area contributed by atoms with Crippen LogP contribution in [0.1, 0.15) is 47.9 Å². The third-order valence-corrected chi connectivity index (χ3v) is 3.97. The summed E-state index contributed by atoms with van der Waals surface area (Å²) < 4.78 is 11.1. The second kappa shape index (κ2) is 10.2. The van der Waals surface area contributed by atoms with Gasteiger partial charge in [0.2, 0.25) is 5.91 Å². The highest BCUT2D eigenvalue weighted by Crippen LogP contribution is 2.30. The first-order chi connectivity index (χ1) is 14.2. The van der Waals surface area contributed by atoms with Crippen LogP contribution in [-0.2, 0) is 0 Å². The molecule has 2 amide bonds. The van der Waals surface area contributed by atoms with Crippen LogP contribution in [0.4, 0.5) is 11.4 Å². The predicted octanol–water partition coefficient (Wildman–Crippen LogP) is 3.77. The van der Waals surface area contributed by atoms with Gasteiger partial charge in [-0.25, -0.2) is 0 Å². The van der Waals surface area contributed by atoms with Gasteiger partial charge >= 0.3 is 5.69 Å². The summed E-state index contributed by atoms with van der Waals surface area (Å²) in [6, 6.07) is 8.37. The Morgan fingerprint density at radius 3 is 2.37 bits per heavy atom. The molecule has 0 aliphatic rings. The zero-order chi connectivity index (χ0) is 22.3. The van der Waals surface area contributed by atoms with E-state index in [4.69, 9.17) is 15.2 Å². The summed E-state index contributed by atoms with van der Waals surface area (Å²) in [7, 11) is 0. The van der Waals surface area contributed by atoms with Gasteiger partial charge in [0.05, 0.1) is 23.8 Å². The summed E-state index contributed by atoms with van der Waals surface area (Å²) in [6.07, 6.45) is 0.729. The van der Waals surface area contributed by atoms with Crippen molar-refractivity contribution in [3.8, 4) is 11.5 Å². The lowest BCUT2D eigenvalue weighted by atomic mass is 10.1. The minimum absolute atomic E-state index is 0.0212. The monoisotopic (exact) mass is 415 g/mol. The number of hydrogen-bond donors (Lipinski definition) is 2. The Balaban J connectivity index is 2.31. The quantitative estimate of drug-likeness (QED) is 0.448. The van der Waals surface area contributed by atoms with E-state index in [1.165, 1.54) is 36.4 Å². The lowest BCUT2D eigenvalue weighted by molar-refractivity contribution is -0.385. The van der Waals surface area contributed by atoms with Crippen molar-refractivity contribution in [3.63, 3.8) is 0 Å². The fraction of sp³-hybridized carbons (Fsp3) is 0.333. The van der Waals surface area contributed by atoms with E-state index in [0.717, 1.165) is 6.42 Å². The zero-order valence-corrected chi connectivity index (χ0v) is 17.1. The highest BCUT2D eigenvalue weighted by molar-refractivity contribution is 6.06. The van der Waals surface area contributed by atoms with Crippen LogP contribution in [0, 0.1) is 16.0 Å². The number of hydrogen-bond acceptors (Lipinski definition) is 6. The SMILES string of the molecule is CCCOc1cc(C(N)=O)ccc1NC(=O)c1ccc([N+](=O)[O-])c(OCC(C)C)c1. The van der Waals surface area contributed by atoms with Crippen LogP contribution >= 0.6 is 0 Å². The number of rotatable bonds is 10. The minimum Gasteiger partial charge on any atom is -0.491 e. The van der Waals surface area contributed by atoms with E-state index in [1.807, 2.05) is 20.8 Å². The van der Waals surface area contributed by atoms with E-state index >= 15 is 0 Å². The van der Waals surface area contributed by atoms with E-state index in [1.54, 1.807) is 0 Å². The van der Waals surface area contributed by atoms with E-state index in [2.05, 4.69) is 5.32 Å². The van der Waals surface area contributed by atoms with Gasteiger partial charge in [-0.15, -0.1) is 0 Å². The average Bonchev–Trinajstić information content (AvgIpc) is 2.70. The molecule has 0 aliphatic carbocycles. The number of nitro groups is 1. The van der Waals surface area contributed by atoms with E-state index in [0.29, 0.717) is 18.0 Å². The molecule has 160 valence electrons. The molecule has 0 aromatic heterocycles. The number of benzene rings is 2. The summed E-state index contributed by atoms with van der Waals surface area (Å²) in [5.74, 6) is -0.638. The van der Waals surface area contributed by atoms with Gasteiger partial charge in [-0.2, -0.15) is 0 Å². The second-order valence-electron chi connectivity index (χ2n) is 7.02. The summed E-state index contributed by atoms with van der Waals surface area (Å²) >= 11 is 0. The summed E-state index contributed by atoms with van der Waals surface area (Å²) in [5, 5.41) is 13.9. The van der Waals surface area contributed by atoms with Crippen molar-refractivity contribution in [1.29, 1.82) is 0 Å². The zero-order valence-electron chi connectivity index (χ0n) is 17.1. The van der Waals surface area contributed by atoms with Crippen LogP contribution in [0.2, 0.25) is 0 Å². The highest BCUT2D eigenvalue weighted by atomic mass is 16.6. The number of amides is 2. The van der Waals surface area contributed by atoms with Crippen LogP contribution in [0.5, 0.6) is 11.5 Å². The van der Waals surface area contributed by atoms with Gasteiger partial charge in [0, 0.05) is 23.3 Å². The van der Waals surface area contributed by atoms with E-state index in [-0.39, 0.29) is 35.1 Å². The number of ether oxygens (including phenoxy) is 2. The number of nitrogens with zero attached hydrogens (tertiary/aromatic N) is 1. The van der Waals surface area contributed by atoms with Crippen molar-refractivity contribution in [2.24, 2.45) is 11.7 Å². The smallest absolute Gasteiger partial charge is 0.310 e. The Hall–Kier alpha value is -3.62. The first-order valence-corrected chi connectivity index (χ1v) is 9.52. The van der Waals surface area contributed by atoms with Crippen molar-refractivity contribution in [2.45, 2.75) is 27.2 Å². The molecule has 0 radical (unpaired) electrons. The number of primary amides is 1. The molecule has 30 heavy (non-hydrogen) atoms. The van der Waals surface area contributed by atoms with Crippen LogP contribution in [0.3, 0.4) is 0 Å². The van der Waals surface area contributed by atoms with Crippen molar-refractivity contribution in [1.82, 2.24) is 0 Å². The van der Waals surface area contributed by atoms with Gasteiger partial charge in [-0.3, -0.25) is 19.7 Å². The van der Waals surface area contributed by atoms with Crippen molar-refractivity contribution < 1.29 is 24.0 Å². The fourth-order valence-electron chi connectivity index (χ4n) is 2.48. The standard InChI is InChI=1S/C21H25N3O6/c1-4-9-29-18-10-14(20(22)25)5-7-16(18)23-21(26)15-6-8-17(24(27)28)19(11-15)30-12-13(2)3/h5-8,10-11,13H,4,9,12H2,1-3H3,(H2,22,25)(H,23,26). The number of nitrogens with two attached hydrogens (primary N) is 1. The van der Waals surface area contributed by atoms with Gasteiger partial charge in [0.25, 0.3) is 5.91 Å². The van der Waals surface area contributed by atoms with E-state index < -0.39 is 16.7 Å². The number of carbonyl (C=O) groups excluding carboxylic acids is 2. The maximum Gasteiger partial charge on any atom is 0.310 e. The van der Waals surface area contributed by atoms with Gasteiger partial charge < -0.3 is 20.5 Å². The lowest BCUT2D eigenvalue weighted by Gasteiger charge is -2.14. The Kier molecular flexibility index (Phi) is 7.74. The Morgan fingerprint density at radius 2 is 1.77 bits per heavy atom. The molecule has 0 saturated heterocycles. The second-order valence-corrected chi connectivity index (χ2v) is 7.02. The molecule has 3 N–H and O–H groups in total. The van der Waals surface area contributed by atoms with Crippen molar-refractivity contribution >= 4 is 23.2 Å². The first kappa shape index (κ1) is 22.7. The molecule has 0 unspecified atom stereocenters. The molecular weight excluding hydrogens is 390 g/mol. The maximum absolute atomic E-state index is 12.7. The number of carbonyl (C=O) groups is 2. The molecule has 0 heterocycles. The van der Waals surface area contributed by atoms with Crippen molar-refractivity contribution in [2.75, 3.05) is 18.5 Å². The molecule has 2 rings (SSSR count). The molecule has 0 atom stereocenters. The largest absolute Gasteiger partial charge is 0.491 e. The van der Waals surface area contributed by atoms with Gasteiger partial charge in [-0.1, -0.05) is 20.8 Å². The molecular formula is C21H25N3O6. The van der Waals surface area contributed by atoms with Crippen LogP contribution < -0.4 is 20.5 Å². The molecule has 0 spiro atoms. The third kappa shape index (κ3) is 5.94. The number of anilines is 1. The van der Waals surface area contributed by atoms with Crippen LogP contribution in [0.15, 0.2) is 36.4 Å². The first-order valence-electron chi connectivity index (χ1n) is 9.52.